The number of hydrogen-bond acceptors (Lipinski definition) is 4. The van der Waals surface area contributed by atoms with Gasteiger partial charge in [0.05, 0.1) is 11.8 Å². The Bertz CT molecular complexity index is 711. The molecule has 4 fully saturated rings. The average molecular weight is 504 g/mol. The van der Waals surface area contributed by atoms with Gasteiger partial charge in [0.1, 0.15) is 11.2 Å². The Hall–Kier alpha value is 0.854. The van der Waals surface area contributed by atoms with Crippen LogP contribution in [0.3, 0.4) is 0 Å². The summed E-state index contributed by atoms with van der Waals surface area (Å²) in [5.74, 6) is -1.53. The maximum atomic E-state index is 13.0. The van der Waals surface area contributed by atoms with Crippen LogP contribution >= 0.6 is 46.4 Å². The number of ketones is 2. The van der Waals surface area contributed by atoms with E-state index >= 15 is 0 Å². The van der Waals surface area contributed by atoms with Gasteiger partial charge in [0.25, 0.3) is 0 Å². The van der Waals surface area contributed by atoms with Crippen molar-refractivity contribution < 1.29 is 18.4 Å². The minimum absolute atomic E-state index is 0.112. The Morgan fingerprint density at radius 2 is 1.00 bits per heavy atom. The molecule has 4 nitrogen and oxygen atoms in total. The Balaban J connectivity index is 1.75. The molecule has 0 unspecified atom stereocenters. The van der Waals surface area contributed by atoms with Gasteiger partial charge in [0, 0.05) is 0 Å². The zero-order chi connectivity index (χ0) is 21.3. The van der Waals surface area contributed by atoms with Crippen LogP contribution < -0.4 is 0 Å². The fraction of sp³-hybridized carbons (Fsp3) is 0.889. The van der Waals surface area contributed by atoms with Crippen molar-refractivity contribution in [3.63, 3.8) is 0 Å². The van der Waals surface area contributed by atoms with Crippen molar-refractivity contribution in [2.45, 2.75) is 72.0 Å². The molecule has 4 aliphatic carbocycles. The Morgan fingerprint density at radius 1 is 0.714 bits per heavy atom. The van der Waals surface area contributed by atoms with Crippen molar-refractivity contribution >= 4 is 74.6 Å². The molecular formula is C18H26Cl4O4Si2. The third kappa shape index (κ3) is 2.49. The second-order valence-electron chi connectivity index (χ2n) is 10.8. The lowest BCUT2D eigenvalue weighted by Crippen LogP contribution is -2.76. The molecular weight excluding hydrogens is 478 g/mol. The number of hydrogen-bond donors (Lipinski definition) is 0. The molecule has 0 aliphatic heterocycles. The lowest BCUT2D eigenvalue weighted by Gasteiger charge is -2.59. The van der Waals surface area contributed by atoms with E-state index in [1.165, 1.54) is 0 Å². The first kappa shape index (κ1) is 22.1. The van der Waals surface area contributed by atoms with Gasteiger partial charge < -0.3 is 8.85 Å². The molecule has 0 heterocycles. The predicted octanol–water partition coefficient (Wildman–Crippen LogP) is 4.95. The van der Waals surface area contributed by atoms with Crippen LogP contribution in [0, 0.1) is 23.7 Å². The number of alkyl halides is 4. The quantitative estimate of drug-likeness (QED) is 0.402. The molecule has 0 saturated heterocycles. The highest BCUT2D eigenvalue weighted by molar-refractivity contribution is 6.71. The lowest BCUT2D eigenvalue weighted by molar-refractivity contribution is -0.163. The summed E-state index contributed by atoms with van der Waals surface area (Å²) in [4.78, 5) is 25.9. The predicted molar refractivity (Wildman–Crippen MR) is 116 cm³/mol. The molecule has 0 radical (unpaired) electrons. The van der Waals surface area contributed by atoms with E-state index < -0.39 is 48.3 Å². The summed E-state index contributed by atoms with van der Waals surface area (Å²) in [6, 6.07) is 0. The van der Waals surface area contributed by atoms with Crippen molar-refractivity contribution in [3.8, 4) is 0 Å². The second-order valence-corrected chi connectivity index (χ2v) is 22.3. The van der Waals surface area contributed by atoms with Gasteiger partial charge >= 0.3 is 0 Å². The molecule has 4 aliphatic rings. The molecule has 0 N–H and O–H groups in total. The van der Waals surface area contributed by atoms with E-state index in [4.69, 9.17) is 55.3 Å². The van der Waals surface area contributed by atoms with E-state index in [1.807, 2.05) is 0 Å². The molecule has 158 valence electrons. The Morgan fingerprint density at radius 3 is 1.25 bits per heavy atom. The molecule has 0 aromatic heterocycles. The van der Waals surface area contributed by atoms with Crippen molar-refractivity contribution in [1.82, 2.24) is 0 Å². The minimum Gasteiger partial charge on any atom is -0.408 e. The summed E-state index contributed by atoms with van der Waals surface area (Å²) < 4.78 is 9.82. The maximum Gasteiger partial charge on any atom is 0.204 e. The normalized spacial score (nSPS) is 45.8. The van der Waals surface area contributed by atoms with Gasteiger partial charge in [-0.25, -0.2) is 0 Å². The summed E-state index contributed by atoms with van der Waals surface area (Å²) in [6.45, 7) is 12.3. The first-order valence-electron chi connectivity index (χ1n) is 9.66. The molecule has 0 aromatic rings. The summed E-state index contributed by atoms with van der Waals surface area (Å²) in [5, 5.41) is 0. The van der Waals surface area contributed by atoms with E-state index in [0.717, 1.165) is 0 Å². The Kier molecular flexibility index (Phi) is 4.57. The molecule has 0 spiro atoms. The standard InChI is InChI=1S/C18H26Cl4O4Si2/c1-27(2,3)25-15-7-9-10(11(15)13(23)17(15,19)20)8-16(26-28(4,5)6)12(9)14(24)18(16,21)22/h9-12H,7-8H2,1-6H3/t9-,10-,11-,12-,15+,16+/m1/s1. The number of Topliss-reactive ketones (excluding diaryl/α,β-unsaturated/α-hetero) is 2. The zero-order valence-corrected chi connectivity index (χ0v) is 21.9. The highest BCUT2D eigenvalue weighted by atomic mass is 35.5. The number of carbonyl (C=O) groups is 2. The van der Waals surface area contributed by atoms with Crippen LogP contribution in [0.5, 0.6) is 0 Å². The van der Waals surface area contributed by atoms with Gasteiger partial charge in [0.2, 0.25) is 8.67 Å². The maximum absolute atomic E-state index is 13.0. The van der Waals surface area contributed by atoms with Crippen molar-refractivity contribution in [3.05, 3.63) is 0 Å². The first-order chi connectivity index (χ1) is 12.4. The second kappa shape index (κ2) is 5.80. The van der Waals surface area contributed by atoms with E-state index in [0.29, 0.717) is 12.8 Å². The van der Waals surface area contributed by atoms with E-state index in [1.54, 1.807) is 0 Å². The topological polar surface area (TPSA) is 52.6 Å². The third-order valence-corrected chi connectivity index (χ3v) is 10.7. The van der Waals surface area contributed by atoms with Gasteiger partial charge in [-0.1, -0.05) is 46.4 Å². The number of fused-ring (bicyclic) bond motifs is 5. The van der Waals surface area contributed by atoms with Crippen molar-refractivity contribution in [1.29, 1.82) is 0 Å². The van der Waals surface area contributed by atoms with Gasteiger partial charge in [0.15, 0.2) is 28.2 Å². The largest absolute Gasteiger partial charge is 0.408 e. The fourth-order valence-electron chi connectivity index (χ4n) is 6.22. The van der Waals surface area contributed by atoms with Crippen molar-refractivity contribution in [2.24, 2.45) is 23.7 Å². The number of halogens is 4. The monoisotopic (exact) mass is 502 g/mol. The fourth-order valence-corrected chi connectivity index (χ4v) is 10.8. The molecule has 6 atom stereocenters. The number of carbonyl (C=O) groups excluding carboxylic acids is 2. The highest BCUT2D eigenvalue weighted by Crippen LogP contribution is 2.76. The minimum atomic E-state index is -2.06. The molecule has 0 aromatic carbocycles. The SMILES string of the molecule is C[Si](C)(C)O[C@@]12C[C@@H]3[C@@H](C[C@]4(O[Si](C)(C)C)[C@H]3C(=O)C4(Cl)Cl)[C@@H]1C(=O)C2(Cl)Cl. The summed E-state index contributed by atoms with van der Waals surface area (Å²) in [6.07, 6.45) is 0.921. The first-order valence-corrected chi connectivity index (χ1v) is 18.0. The molecule has 0 bridgehead atoms. The van der Waals surface area contributed by atoms with Crippen molar-refractivity contribution in [2.75, 3.05) is 0 Å². The summed E-state index contributed by atoms with van der Waals surface area (Å²) >= 11 is 26.1. The molecule has 10 heteroatoms. The Labute approximate surface area is 188 Å². The molecule has 28 heavy (non-hydrogen) atoms. The van der Waals surface area contributed by atoms with Crippen LogP contribution in [-0.4, -0.2) is 48.1 Å². The van der Waals surface area contributed by atoms with Crippen LogP contribution in [0.15, 0.2) is 0 Å². The summed E-state index contributed by atoms with van der Waals surface area (Å²) in [7, 11) is -4.11. The van der Waals surface area contributed by atoms with Crippen LogP contribution in [0.25, 0.3) is 0 Å². The molecule has 4 rings (SSSR count). The highest BCUT2D eigenvalue weighted by Gasteiger charge is 2.87. The number of rotatable bonds is 4. The average Bonchev–Trinajstić information content (AvgIpc) is 2.90. The molecule has 0 amide bonds. The van der Waals surface area contributed by atoms with Gasteiger partial charge in [-0.2, -0.15) is 0 Å². The van der Waals surface area contributed by atoms with Crippen LogP contribution in [0.4, 0.5) is 0 Å². The van der Waals surface area contributed by atoms with Crippen LogP contribution in [0.2, 0.25) is 39.3 Å². The smallest absolute Gasteiger partial charge is 0.204 e. The van der Waals surface area contributed by atoms with Gasteiger partial charge in [-0.05, 0) is 64.0 Å². The van der Waals surface area contributed by atoms with Gasteiger partial charge in [-0.3, -0.25) is 9.59 Å². The van der Waals surface area contributed by atoms with Gasteiger partial charge in [-0.15, -0.1) is 0 Å². The van der Waals surface area contributed by atoms with E-state index in [9.17, 15) is 9.59 Å². The van der Waals surface area contributed by atoms with Crippen LogP contribution in [-0.2, 0) is 18.4 Å². The lowest BCUT2D eigenvalue weighted by atomic mass is 9.62. The summed E-state index contributed by atoms with van der Waals surface area (Å²) in [5.41, 5.74) is -1.87. The van der Waals surface area contributed by atoms with E-state index in [2.05, 4.69) is 39.3 Å². The molecule has 4 saturated carbocycles. The van der Waals surface area contributed by atoms with E-state index in [-0.39, 0.29) is 23.4 Å². The zero-order valence-electron chi connectivity index (χ0n) is 16.9. The van der Waals surface area contributed by atoms with Crippen LogP contribution in [0.1, 0.15) is 12.8 Å². The third-order valence-electron chi connectivity index (χ3n) is 6.71.